The Balaban J connectivity index is 2.04. The summed E-state index contributed by atoms with van der Waals surface area (Å²) in [5, 5.41) is 2.89. The molecule has 0 aliphatic heterocycles. The van der Waals surface area contributed by atoms with E-state index in [1.165, 1.54) is 37.3 Å². The second-order valence-corrected chi connectivity index (χ2v) is 12.5. The van der Waals surface area contributed by atoms with Gasteiger partial charge in [0.25, 0.3) is 10.0 Å². The van der Waals surface area contributed by atoms with E-state index in [0.717, 1.165) is 21.0 Å². The summed E-state index contributed by atoms with van der Waals surface area (Å²) in [5.41, 5.74) is 3.13. The average Bonchev–Trinajstić information content (AvgIpc) is 2.97. The Morgan fingerprint density at radius 2 is 1.40 bits per heavy atom. The number of carbonyl (C=O) groups excluding carboxylic acids is 2. The van der Waals surface area contributed by atoms with Crippen LogP contribution in [0.3, 0.4) is 0 Å². The van der Waals surface area contributed by atoms with Gasteiger partial charge in [0.2, 0.25) is 11.8 Å². The highest BCUT2D eigenvalue weighted by atomic mass is 32.2. The first kappa shape index (κ1) is 32.5. The fourth-order valence-corrected chi connectivity index (χ4v) is 5.70. The summed E-state index contributed by atoms with van der Waals surface area (Å²) in [6.45, 7) is 9.55. The molecule has 2 amide bonds. The fourth-order valence-electron chi connectivity index (χ4n) is 4.27. The molecule has 226 valence electrons. The number of amides is 2. The van der Waals surface area contributed by atoms with Gasteiger partial charge in [0.05, 0.1) is 24.8 Å². The minimum atomic E-state index is -4.25. The van der Waals surface area contributed by atoms with Crippen LogP contribution in [0.2, 0.25) is 0 Å². The van der Waals surface area contributed by atoms with Gasteiger partial charge in [-0.3, -0.25) is 13.9 Å². The minimum absolute atomic E-state index is 0.0682. The molecule has 1 atom stereocenters. The molecule has 1 N–H and O–H groups in total. The van der Waals surface area contributed by atoms with E-state index in [9.17, 15) is 18.0 Å². The third-order valence-corrected chi connectivity index (χ3v) is 8.64. The van der Waals surface area contributed by atoms with Crippen molar-refractivity contribution in [2.75, 3.05) is 31.6 Å². The number of benzene rings is 3. The highest BCUT2D eigenvalue weighted by Crippen LogP contribution is 2.32. The molecule has 0 fully saturated rings. The molecule has 42 heavy (non-hydrogen) atoms. The minimum Gasteiger partial charge on any atom is -0.493 e. The summed E-state index contributed by atoms with van der Waals surface area (Å²) >= 11 is 0. The third-order valence-electron chi connectivity index (χ3n) is 6.87. The van der Waals surface area contributed by atoms with Crippen molar-refractivity contribution in [3.8, 4) is 11.5 Å². The van der Waals surface area contributed by atoms with Crippen molar-refractivity contribution in [2.24, 2.45) is 5.92 Å². The number of anilines is 1. The quantitative estimate of drug-likeness (QED) is 0.307. The lowest BCUT2D eigenvalue weighted by molar-refractivity contribution is -0.139. The van der Waals surface area contributed by atoms with E-state index in [4.69, 9.17) is 9.47 Å². The average molecular weight is 596 g/mol. The number of nitrogens with one attached hydrogen (secondary N) is 1. The molecule has 10 heteroatoms. The zero-order chi connectivity index (χ0) is 31.0. The van der Waals surface area contributed by atoms with Crippen LogP contribution in [0.5, 0.6) is 11.5 Å². The van der Waals surface area contributed by atoms with Crippen LogP contribution in [0.4, 0.5) is 5.69 Å². The molecule has 0 spiro atoms. The van der Waals surface area contributed by atoms with Gasteiger partial charge in [-0.15, -0.1) is 0 Å². The van der Waals surface area contributed by atoms with Gasteiger partial charge in [0.1, 0.15) is 12.6 Å². The van der Waals surface area contributed by atoms with Crippen molar-refractivity contribution in [3.05, 3.63) is 83.4 Å². The molecule has 3 aromatic rings. The van der Waals surface area contributed by atoms with Crippen molar-refractivity contribution < 1.29 is 27.5 Å². The van der Waals surface area contributed by atoms with E-state index < -0.39 is 28.5 Å². The Kier molecular flexibility index (Phi) is 11.0. The van der Waals surface area contributed by atoms with Gasteiger partial charge in [-0.05, 0) is 56.5 Å². The Bertz CT molecular complexity index is 1470. The first-order valence-corrected chi connectivity index (χ1v) is 15.3. The fraction of sp³-hybridized carbons (Fsp3) is 0.375. The molecule has 3 aromatic carbocycles. The van der Waals surface area contributed by atoms with Crippen molar-refractivity contribution in [1.29, 1.82) is 0 Å². The predicted octanol–water partition coefficient (Wildman–Crippen LogP) is 4.71. The number of carbonyl (C=O) groups is 2. The number of sulfonamides is 1. The summed E-state index contributed by atoms with van der Waals surface area (Å²) < 4.78 is 39.9. The van der Waals surface area contributed by atoms with E-state index >= 15 is 0 Å². The Morgan fingerprint density at radius 1 is 0.833 bits per heavy atom. The smallest absolute Gasteiger partial charge is 0.264 e. The number of nitrogens with zero attached hydrogens (tertiary/aromatic N) is 2. The molecular formula is C32H41N3O6S. The SMILES string of the molecule is COc1ccc(S(=O)(=O)N(CC(=O)N(Cc2ccc(C)cc2)[C@@H](C)C(=O)NCC(C)C)c2ccc(C)cc2)cc1OC. The number of methoxy groups -OCH3 is 2. The largest absolute Gasteiger partial charge is 0.493 e. The van der Waals surface area contributed by atoms with E-state index in [2.05, 4.69) is 5.32 Å². The van der Waals surface area contributed by atoms with Crippen LogP contribution in [-0.2, 0) is 26.2 Å². The van der Waals surface area contributed by atoms with E-state index in [-0.39, 0.29) is 29.0 Å². The van der Waals surface area contributed by atoms with Gasteiger partial charge in [0, 0.05) is 19.2 Å². The van der Waals surface area contributed by atoms with E-state index in [1.54, 1.807) is 31.2 Å². The molecule has 0 heterocycles. The molecule has 0 aromatic heterocycles. The summed E-state index contributed by atoms with van der Waals surface area (Å²) in [4.78, 5) is 28.5. The Morgan fingerprint density at radius 3 is 1.95 bits per heavy atom. The highest BCUT2D eigenvalue weighted by molar-refractivity contribution is 7.92. The van der Waals surface area contributed by atoms with Crippen LogP contribution in [0.15, 0.2) is 71.6 Å². The van der Waals surface area contributed by atoms with Gasteiger partial charge >= 0.3 is 0 Å². The van der Waals surface area contributed by atoms with Gasteiger partial charge in [-0.25, -0.2) is 8.42 Å². The molecule has 0 bridgehead atoms. The van der Waals surface area contributed by atoms with Crippen LogP contribution in [-0.4, -0.2) is 58.5 Å². The van der Waals surface area contributed by atoms with Gasteiger partial charge < -0.3 is 19.7 Å². The van der Waals surface area contributed by atoms with Crippen molar-refractivity contribution in [2.45, 2.75) is 52.1 Å². The maximum atomic E-state index is 14.1. The molecule has 0 aliphatic rings. The Labute approximate surface area is 249 Å². The number of hydrogen-bond donors (Lipinski definition) is 1. The number of aryl methyl sites for hydroxylation is 2. The first-order valence-electron chi connectivity index (χ1n) is 13.8. The highest BCUT2D eigenvalue weighted by Gasteiger charge is 2.33. The molecule has 0 radical (unpaired) electrons. The molecule has 0 saturated heterocycles. The first-order chi connectivity index (χ1) is 19.9. The van der Waals surface area contributed by atoms with E-state index in [1.807, 2.05) is 52.0 Å². The lowest BCUT2D eigenvalue weighted by atomic mass is 10.1. The van der Waals surface area contributed by atoms with Gasteiger partial charge in [0.15, 0.2) is 11.5 Å². The van der Waals surface area contributed by atoms with Crippen molar-refractivity contribution in [3.63, 3.8) is 0 Å². The standard InChI is InChI=1S/C32H41N3O6S/c1-22(2)19-33-32(37)25(5)34(20-26-12-8-23(3)9-13-26)31(36)21-35(27-14-10-24(4)11-15-27)42(38,39)28-16-17-29(40-6)30(18-28)41-7/h8-18,22,25H,19-21H2,1-7H3,(H,33,37)/t25-/m0/s1. The molecule has 0 aliphatic carbocycles. The topological polar surface area (TPSA) is 105 Å². The molecule has 0 unspecified atom stereocenters. The van der Waals surface area contributed by atoms with Crippen LogP contribution in [0.25, 0.3) is 0 Å². The maximum absolute atomic E-state index is 14.1. The van der Waals surface area contributed by atoms with Gasteiger partial charge in [-0.2, -0.15) is 0 Å². The van der Waals surface area contributed by atoms with Crippen molar-refractivity contribution >= 4 is 27.5 Å². The summed E-state index contributed by atoms with van der Waals surface area (Å²) in [6, 6.07) is 18.0. The maximum Gasteiger partial charge on any atom is 0.264 e. The monoisotopic (exact) mass is 595 g/mol. The van der Waals surface area contributed by atoms with Crippen LogP contribution < -0.4 is 19.1 Å². The number of hydrogen-bond acceptors (Lipinski definition) is 6. The summed E-state index contributed by atoms with van der Waals surface area (Å²) in [5.74, 6) is 0.0115. The third kappa shape index (κ3) is 8.03. The second-order valence-electron chi connectivity index (χ2n) is 10.7. The number of ether oxygens (including phenoxy) is 2. The van der Waals surface area contributed by atoms with Crippen LogP contribution >= 0.6 is 0 Å². The normalized spacial score (nSPS) is 12.0. The zero-order valence-corrected chi connectivity index (χ0v) is 26.2. The lowest BCUT2D eigenvalue weighted by Gasteiger charge is -2.32. The second kappa shape index (κ2) is 14.2. The summed E-state index contributed by atoms with van der Waals surface area (Å²) in [6.07, 6.45) is 0. The predicted molar refractivity (Wildman–Crippen MR) is 164 cm³/mol. The lowest BCUT2D eigenvalue weighted by Crippen LogP contribution is -2.51. The summed E-state index contributed by atoms with van der Waals surface area (Å²) in [7, 11) is -1.37. The molecule has 3 rings (SSSR count). The number of rotatable bonds is 13. The molecular weight excluding hydrogens is 554 g/mol. The Hall–Kier alpha value is -4.05. The van der Waals surface area contributed by atoms with Crippen LogP contribution in [0.1, 0.15) is 37.5 Å². The van der Waals surface area contributed by atoms with Gasteiger partial charge in [-0.1, -0.05) is 61.4 Å². The van der Waals surface area contributed by atoms with Crippen molar-refractivity contribution in [1.82, 2.24) is 10.2 Å². The zero-order valence-electron chi connectivity index (χ0n) is 25.4. The van der Waals surface area contributed by atoms with E-state index in [0.29, 0.717) is 18.0 Å². The molecule has 0 saturated carbocycles. The van der Waals surface area contributed by atoms with Crippen LogP contribution in [0, 0.1) is 19.8 Å². The molecule has 9 nitrogen and oxygen atoms in total.